The number of hydrogen-bond acceptors (Lipinski definition) is 3. The minimum atomic E-state index is 0. The van der Waals surface area contributed by atoms with E-state index in [0.717, 1.165) is 18.7 Å². The quantitative estimate of drug-likeness (QED) is 0.724. The summed E-state index contributed by atoms with van der Waals surface area (Å²) in [6, 6.07) is 7.09. The molecule has 0 aliphatic rings. The Morgan fingerprint density at radius 3 is 2.58 bits per heavy atom. The number of halogens is 2. The predicted octanol–water partition coefficient (Wildman–Crippen LogP) is 2.26. The molecule has 0 spiro atoms. The fourth-order valence-corrected chi connectivity index (χ4v) is 1.50. The molecule has 0 aliphatic heterocycles. The molecule has 1 aromatic rings. The third-order valence-electron chi connectivity index (χ3n) is 2.34. The van der Waals surface area contributed by atoms with Gasteiger partial charge in [-0.05, 0) is 44.3 Å². The van der Waals surface area contributed by atoms with Crippen LogP contribution in [0.1, 0.15) is 12.8 Å². The summed E-state index contributed by atoms with van der Waals surface area (Å²) in [5, 5.41) is 6.53. The van der Waals surface area contributed by atoms with E-state index in [0.29, 0.717) is 24.6 Å². The lowest BCUT2D eigenvalue weighted by Crippen LogP contribution is -2.27. The fourth-order valence-electron chi connectivity index (χ4n) is 1.37. The maximum Gasteiger partial charge on any atom is 0.223 e. The van der Waals surface area contributed by atoms with Crippen LogP contribution in [0.15, 0.2) is 24.3 Å². The monoisotopic (exact) mass is 306 g/mol. The van der Waals surface area contributed by atoms with Gasteiger partial charge in [0, 0.05) is 11.6 Å². The average molecular weight is 307 g/mol. The first kappa shape index (κ1) is 18.0. The third-order valence-corrected chi connectivity index (χ3v) is 2.59. The van der Waals surface area contributed by atoms with Gasteiger partial charge in [0.15, 0.2) is 0 Å². The fraction of sp³-hybridized carbons (Fsp3) is 0.462. The zero-order valence-corrected chi connectivity index (χ0v) is 12.5. The predicted molar refractivity (Wildman–Crippen MR) is 80.4 cm³/mol. The second-order valence-electron chi connectivity index (χ2n) is 3.86. The van der Waals surface area contributed by atoms with Crippen LogP contribution in [0.25, 0.3) is 0 Å². The van der Waals surface area contributed by atoms with Crippen LogP contribution >= 0.6 is 24.0 Å². The van der Waals surface area contributed by atoms with Gasteiger partial charge in [-0.1, -0.05) is 11.6 Å². The Labute approximate surface area is 125 Å². The molecule has 0 unspecified atom stereocenters. The van der Waals surface area contributed by atoms with Crippen molar-refractivity contribution in [2.45, 2.75) is 12.8 Å². The number of rotatable bonds is 8. The molecule has 0 aliphatic carbocycles. The molecular weight excluding hydrogens is 287 g/mol. The van der Waals surface area contributed by atoms with Crippen molar-refractivity contribution >= 4 is 29.9 Å². The molecule has 0 heterocycles. The van der Waals surface area contributed by atoms with Gasteiger partial charge in [0.2, 0.25) is 5.91 Å². The molecule has 0 saturated heterocycles. The number of amides is 1. The molecule has 19 heavy (non-hydrogen) atoms. The van der Waals surface area contributed by atoms with Gasteiger partial charge in [0.1, 0.15) is 5.75 Å². The number of ether oxygens (including phenoxy) is 1. The second kappa shape index (κ2) is 10.9. The highest BCUT2D eigenvalue weighted by atomic mass is 35.5. The Hall–Kier alpha value is -0.970. The Kier molecular flexibility index (Phi) is 10.4. The highest BCUT2D eigenvalue weighted by Gasteiger charge is 2.01. The lowest BCUT2D eigenvalue weighted by Gasteiger charge is -2.07. The van der Waals surface area contributed by atoms with E-state index < -0.39 is 0 Å². The molecule has 6 heteroatoms. The summed E-state index contributed by atoms with van der Waals surface area (Å²) >= 11 is 5.75. The Morgan fingerprint density at radius 1 is 1.26 bits per heavy atom. The first-order chi connectivity index (χ1) is 8.72. The average Bonchev–Trinajstić information content (AvgIpc) is 2.37. The first-order valence-electron chi connectivity index (χ1n) is 6.02. The highest BCUT2D eigenvalue weighted by molar-refractivity contribution is 6.30. The van der Waals surface area contributed by atoms with Crippen LogP contribution < -0.4 is 15.4 Å². The summed E-state index contributed by atoms with van der Waals surface area (Å²) in [6.45, 7) is 1.97. The van der Waals surface area contributed by atoms with Crippen molar-refractivity contribution in [2.24, 2.45) is 0 Å². The minimum Gasteiger partial charge on any atom is -0.493 e. The normalized spacial score (nSPS) is 9.58. The summed E-state index contributed by atoms with van der Waals surface area (Å²) < 4.78 is 5.43. The summed E-state index contributed by atoms with van der Waals surface area (Å²) in [5.74, 6) is 0.738. The van der Waals surface area contributed by atoms with Gasteiger partial charge in [-0.15, -0.1) is 12.4 Å². The second-order valence-corrected chi connectivity index (χ2v) is 4.30. The van der Waals surface area contributed by atoms with E-state index in [1.54, 1.807) is 24.3 Å². The van der Waals surface area contributed by atoms with Crippen LogP contribution in [0.4, 0.5) is 0 Å². The smallest absolute Gasteiger partial charge is 0.223 e. The molecule has 1 aromatic carbocycles. The zero-order valence-electron chi connectivity index (χ0n) is 10.9. The number of carbonyl (C=O) groups is 1. The van der Waals surface area contributed by atoms with Crippen LogP contribution in [0, 0.1) is 0 Å². The SMILES string of the molecule is CNCCCNC(=O)CCOc1ccc(Cl)cc1.Cl. The first-order valence-corrected chi connectivity index (χ1v) is 6.40. The molecule has 0 bridgehead atoms. The van der Waals surface area contributed by atoms with E-state index in [1.807, 2.05) is 7.05 Å². The molecule has 1 amide bonds. The van der Waals surface area contributed by atoms with Gasteiger partial charge in [-0.2, -0.15) is 0 Å². The van der Waals surface area contributed by atoms with E-state index >= 15 is 0 Å². The molecule has 0 aromatic heterocycles. The van der Waals surface area contributed by atoms with Crippen molar-refractivity contribution in [3.8, 4) is 5.75 Å². The van der Waals surface area contributed by atoms with E-state index in [1.165, 1.54) is 0 Å². The van der Waals surface area contributed by atoms with Crippen molar-refractivity contribution in [1.82, 2.24) is 10.6 Å². The molecule has 108 valence electrons. The minimum absolute atomic E-state index is 0. The van der Waals surface area contributed by atoms with Crippen molar-refractivity contribution < 1.29 is 9.53 Å². The van der Waals surface area contributed by atoms with Gasteiger partial charge in [0.05, 0.1) is 13.0 Å². The van der Waals surface area contributed by atoms with Gasteiger partial charge >= 0.3 is 0 Å². The zero-order chi connectivity index (χ0) is 13.2. The van der Waals surface area contributed by atoms with E-state index in [4.69, 9.17) is 16.3 Å². The molecule has 0 saturated carbocycles. The third kappa shape index (κ3) is 8.70. The van der Waals surface area contributed by atoms with Crippen LogP contribution in [-0.2, 0) is 4.79 Å². The lowest BCUT2D eigenvalue weighted by molar-refractivity contribution is -0.121. The standard InChI is InChI=1S/C13H19ClN2O2.ClH/c1-15-8-2-9-16-13(17)7-10-18-12-5-3-11(14)4-6-12;/h3-6,15H,2,7-10H2,1H3,(H,16,17);1H. The Balaban J connectivity index is 0.00000324. The topological polar surface area (TPSA) is 50.4 Å². The highest BCUT2D eigenvalue weighted by Crippen LogP contribution is 2.15. The number of carbonyl (C=O) groups excluding carboxylic acids is 1. The number of hydrogen-bond donors (Lipinski definition) is 2. The van der Waals surface area contributed by atoms with Crippen LogP contribution in [0.2, 0.25) is 5.02 Å². The molecule has 0 fully saturated rings. The largest absolute Gasteiger partial charge is 0.493 e. The van der Waals surface area contributed by atoms with Gasteiger partial charge < -0.3 is 15.4 Å². The maximum absolute atomic E-state index is 11.4. The van der Waals surface area contributed by atoms with Crippen molar-refractivity contribution in [2.75, 3.05) is 26.7 Å². The molecule has 2 N–H and O–H groups in total. The van der Waals surface area contributed by atoms with Gasteiger partial charge in [-0.25, -0.2) is 0 Å². The Morgan fingerprint density at radius 2 is 1.95 bits per heavy atom. The maximum atomic E-state index is 11.4. The van der Waals surface area contributed by atoms with Crippen molar-refractivity contribution in [1.29, 1.82) is 0 Å². The van der Waals surface area contributed by atoms with E-state index in [2.05, 4.69) is 10.6 Å². The number of nitrogens with one attached hydrogen (secondary N) is 2. The summed E-state index contributed by atoms with van der Waals surface area (Å²) in [7, 11) is 1.89. The lowest BCUT2D eigenvalue weighted by atomic mass is 10.3. The molecule has 1 rings (SSSR count). The van der Waals surface area contributed by atoms with E-state index in [9.17, 15) is 4.79 Å². The molecule has 0 atom stereocenters. The Bertz CT molecular complexity index is 358. The number of benzene rings is 1. The molecular formula is C13H20Cl2N2O2. The van der Waals surface area contributed by atoms with Crippen LogP contribution in [0.5, 0.6) is 5.75 Å². The summed E-state index contributed by atoms with van der Waals surface area (Å²) in [6.07, 6.45) is 1.29. The van der Waals surface area contributed by atoms with Crippen molar-refractivity contribution in [3.05, 3.63) is 29.3 Å². The van der Waals surface area contributed by atoms with Crippen LogP contribution in [0.3, 0.4) is 0 Å². The summed E-state index contributed by atoms with van der Waals surface area (Å²) in [4.78, 5) is 11.4. The van der Waals surface area contributed by atoms with Gasteiger partial charge in [0.25, 0.3) is 0 Å². The van der Waals surface area contributed by atoms with E-state index in [-0.39, 0.29) is 18.3 Å². The molecule has 4 nitrogen and oxygen atoms in total. The van der Waals surface area contributed by atoms with Crippen molar-refractivity contribution in [3.63, 3.8) is 0 Å². The van der Waals surface area contributed by atoms with Gasteiger partial charge in [-0.3, -0.25) is 4.79 Å². The molecule has 0 radical (unpaired) electrons. The summed E-state index contributed by atoms with van der Waals surface area (Å²) in [5.41, 5.74) is 0. The van der Waals surface area contributed by atoms with Crippen LogP contribution in [-0.4, -0.2) is 32.7 Å².